The van der Waals surface area contributed by atoms with E-state index in [1.165, 1.54) is 5.56 Å². The Morgan fingerprint density at radius 3 is 2.42 bits per heavy atom. The summed E-state index contributed by atoms with van der Waals surface area (Å²) in [5.41, 5.74) is 3.09. The largest absolute Gasteiger partial charge is 0.480 e. The van der Waals surface area contributed by atoms with E-state index >= 15 is 0 Å². The van der Waals surface area contributed by atoms with Crippen molar-refractivity contribution in [2.75, 3.05) is 13.1 Å². The van der Waals surface area contributed by atoms with Crippen LogP contribution < -0.4 is 0 Å². The monoisotopic (exact) mass is 424 g/mol. The summed E-state index contributed by atoms with van der Waals surface area (Å²) >= 11 is 0. The quantitative estimate of drug-likeness (QED) is 0.810. The van der Waals surface area contributed by atoms with E-state index in [0.717, 1.165) is 22.4 Å². The molecule has 4 rings (SSSR count). The number of nitrogens with zero attached hydrogens (tertiary/aromatic N) is 2. The minimum absolute atomic E-state index is 0.0131. The highest BCUT2D eigenvalue weighted by Crippen LogP contribution is 2.24. The predicted molar refractivity (Wildman–Crippen MR) is 110 cm³/mol. The van der Waals surface area contributed by atoms with E-state index in [9.17, 15) is 19.5 Å². The molecule has 31 heavy (non-hydrogen) atoms. The molecule has 8 nitrogen and oxygen atoms in total. The van der Waals surface area contributed by atoms with Gasteiger partial charge in [0.2, 0.25) is 0 Å². The molecule has 2 heterocycles. The van der Waals surface area contributed by atoms with Gasteiger partial charge in [0, 0.05) is 19.5 Å². The van der Waals surface area contributed by atoms with Crippen LogP contribution in [-0.2, 0) is 33.8 Å². The van der Waals surface area contributed by atoms with Gasteiger partial charge in [0.1, 0.15) is 18.8 Å². The Bertz CT molecular complexity index is 964. The molecule has 0 aliphatic carbocycles. The molecular formula is C23H24N2O6. The van der Waals surface area contributed by atoms with Crippen LogP contribution in [0.5, 0.6) is 0 Å². The lowest BCUT2D eigenvalue weighted by atomic mass is 10.0. The Hall–Kier alpha value is -3.55. The molecule has 2 aliphatic heterocycles. The average molecular weight is 424 g/mol. The average Bonchev–Trinajstić information content (AvgIpc) is 3.22. The van der Waals surface area contributed by atoms with E-state index in [1.54, 1.807) is 4.90 Å². The summed E-state index contributed by atoms with van der Waals surface area (Å²) in [5, 5.41) is 9.53. The number of ether oxygens (including phenoxy) is 2. The molecule has 0 bridgehead atoms. The van der Waals surface area contributed by atoms with E-state index in [4.69, 9.17) is 9.47 Å². The summed E-state index contributed by atoms with van der Waals surface area (Å²) in [6.07, 6.45) is -1.16. The van der Waals surface area contributed by atoms with Crippen molar-refractivity contribution in [3.8, 4) is 0 Å². The molecule has 2 atom stereocenters. The number of carbonyl (C=O) groups excluding carboxylic acids is 2. The number of hydrogen-bond donors (Lipinski definition) is 1. The van der Waals surface area contributed by atoms with Crippen molar-refractivity contribution < 1.29 is 29.0 Å². The summed E-state index contributed by atoms with van der Waals surface area (Å²) in [4.78, 5) is 39.5. The second-order valence-electron chi connectivity index (χ2n) is 7.73. The van der Waals surface area contributed by atoms with Gasteiger partial charge in [-0.15, -0.1) is 0 Å². The van der Waals surface area contributed by atoms with Gasteiger partial charge in [0.15, 0.2) is 0 Å². The second kappa shape index (κ2) is 9.07. The fourth-order valence-electron chi connectivity index (χ4n) is 3.99. The number of rotatable bonds is 4. The van der Waals surface area contributed by atoms with Gasteiger partial charge in [-0.05, 0) is 23.1 Å². The first-order valence-corrected chi connectivity index (χ1v) is 10.2. The number of aliphatic carboxylic acids is 1. The number of amides is 2. The van der Waals surface area contributed by atoms with E-state index in [2.05, 4.69) is 0 Å². The molecule has 1 N–H and O–H groups in total. The van der Waals surface area contributed by atoms with Crippen LogP contribution >= 0.6 is 0 Å². The van der Waals surface area contributed by atoms with Crippen molar-refractivity contribution in [1.29, 1.82) is 0 Å². The summed E-state index contributed by atoms with van der Waals surface area (Å²) in [6, 6.07) is 16.0. The van der Waals surface area contributed by atoms with Crippen LogP contribution in [0.2, 0.25) is 0 Å². The highest BCUT2D eigenvalue weighted by Gasteiger charge is 2.43. The van der Waals surface area contributed by atoms with Crippen LogP contribution in [0.25, 0.3) is 0 Å². The van der Waals surface area contributed by atoms with E-state index < -0.39 is 30.3 Å². The van der Waals surface area contributed by atoms with Gasteiger partial charge in [-0.1, -0.05) is 54.6 Å². The van der Waals surface area contributed by atoms with Gasteiger partial charge in [-0.25, -0.2) is 14.4 Å². The highest BCUT2D eigenvalue weighted by molar-refractivity contribution is 5.81. The molecule has 0 unspecified atom stereocenters. The number of hydrogen-bond acceptors (Lipinski definition) is 5. The summed E-state index contributed by atoms with van der Waals surface area (Å²) in [7, 11) is 0. The highest BCUT2D eigenvalue weighted by atomic mass is 16.6. The topological polar surface area (TPSA) is 96.4 Å². The van der Waals surface area contributed by atoms with Crippen LogP contribution in [0.4, 0.5) is 9.59 Å². The molecule has 2 aliphatic rings. The zero-order valence-corrected chi connectivity index (χ0v) is 17.0. The van der Waals surface area contributed by atoms with Crippen LogP contribution in [-0.4, -0.2) is 58.3 Å². The molecule has 8 heteroatoms. The number of fused-ring (bicyclic) bond motifs is 1. The van der Waals surface area contributed by atoms with Crippen molar-refractivity contribution in [3.63, 3.8) is 0 Å². The second-order valence-corrected chi connectivity index (χ2v) is 7.73. The first kappa shape index (κ1) is 20.7. The van der Waals surface area contributed by atoms with Gasteiger partial charge in [0.25, 0.3) is 0 Å². The van der Waals surface area contributed by atoms with Crippen LogP contribution in [0, 0.1) is 0 Å². The standard InChI is InChI=1S/C23H24N2O6/c26-21(27)20-12-19(14-25(20)23(29)30-15-16-6-2-1-3-7-16)31-22(28)24-11-10-17-8-4-5-9-18(17)13-24/h1-9,19-20H,10-15H2,(H,26,27)/t19-,20+/m0/s1. The lowest BCUT2D eigenvalue weighted by Gasteiger charge is -2.29. The summed E-state index contributed by atoms with van der Waals surface area (Å²) in [5.74, 6) is -1.15. The minimum Gasteiger partial charge on any atom is -0.480 e. The maximum atomic E-state index is 12.6. The molecular weight excluding hydrogens is 400 g/mol. The van der Waals surface area contributed by atoms with Gasteiger partial charge < -0.3 is 19.5 Å². The number of carbonyl (C=O) groups is 3. The van der Waals surface area contributed by atoms with E-state index in [-0.39, 0.29) is 19.6 Å². The van der Waals surface area contributed by atoms with E-state index in [0.29, 0.717) is 13.1 Å². The van der Waals surface area contributed by atoms with Crippen LogP contribution in [0.15, 0.2) is 54.6 Å². The normalized spacial score (nSPS) is 20.1. The smallest absolute Gasteiger partial charge is 0.410 e. The first-order chi connectivity index (χ1) is 15.0. The maximum absolute atomic E-state index is 12.6. The molecule has 0 radical (unpaired) electrons. The molecule has 2 aromatic rings. The van der Waals surface area contributed by atoms with Crippen molar-refractivity contribution in [2.24, 2.45) is 0 Å². The molecule has 2 aromatic carbocycles. The van der Waals surface area contributed by atoms with Crippen LogP contribution in [0.1, 0.15) is 23.1 Å². The van der Waals surface area contributed by atoms with Gasteiger partial charge in [-0.3, -0.25) is 4.90 Å². The molecule has 1 fully saturated rings. The van der Waals surface area contributed by atoms with Crippen molar-refractivity contribution in [2.45, 2.75) is 38.1 Å². The van der Waals surface area contributed by atoms with Crippen molar-refractivity contribution >= 4 is 18.2 Å². The van der Waals surface area contributed by atoms with Crippen LogP contribution in [0.3, 0.4) is 0 Å². The third kappa shape index (κ3) is 4.79. The summed E-state index contributed by atoms with van der Waals surface area (Å²) < 4.78 is 10.8. The lowest BCUT2D eigenvalue weighted by Crippen LogP contribution is -2.41. The maximum Gasteiger partial charge on any atom is 0.410 e. The molecule has 2 amide bonds. The Morgan fingerprint density at radius 1 is 0.968 bits per heavy atom. The Labute approximate surface area is 180 Å². The third-order valence-corrected chi connectivity index (χ3v) is 5.64. The zero-order valence-electron chi connectivity index (χ0n) is 17.0. The van der Waals surface area contributed by atoms with E-state index in [1.807, 2.05) is 54.6 Å². The van der Waals surface area contributed by atoms with Gasteiger partial charge in [0.05, 0.1) is 6.54 Å². The van der Waals surface area contributed by atoms with Gasteiger partial charge in [-0.2, -0.15) is 0 Å². The molecule has 0 saturated carbocycles. The fraction of sp³-hybridized carbons (Fsp3) is 0.348. The number of benzene rings is 2. The molecule has 0 aromatic heterocycles. The van der Waals surface area contributed by atoms with Gasteiger partial charge >= 0.3 is 18.2 Å². The Balaban J connectivity index is 1.35. The number of carboxylic acids is 1. The fourth-order valence-corrected chi connectivity index (χ4v) is 3.99. The third-order valence-electron chi connectivity index (χ3n) is 5.64. The van der Waals surface area contributed by atoms with Crippen molar-refractivity contribution in [3.05, 3.63) is 71.3 Å². The first-order valence-electron chi connectivity index (χ1n) is 10.2. The lowest BCUT2D eigenvalue weighted by molar-refractivity contribution is -0.141. The Kier molecular flexibility index (Phi) is 6.06. The molecule has 0 spiro atoms. The van der Waals surface area contributed by atoms with Crippen molar-refractivity contribution in [1.82, 2.24) is 9.80 Å². The minimum atomic E-state index is -1.15. The predicted octanol–water partition coefficient (Wildman–Crippen LogP) is 3.05. The zero-order chi connectivity index (χ0) is 21.8. The molecule has 1 saturated heterocycles. The summed E-state index contributed by atoms with van der Waals surface area (Å²) in [6.45, 7) is 1.02. The molecule has 162 valence electrons. The Morgan fingerprint density at radius 2 is 1.68 bits per heavy atom. The SMILES string of the molecule is O=C(O)[C@H]1C[C@H](OC(=O)N2CCc3ccccc3C2)CN1C(=O)OCc1ccccc1. The number of likely N-dealkylation sites (tertiary alicyclic amines) is 1. The number of carboxylic acid groups (broad SMARTS) is 1.